The smallest absolute Gasteiger partial charge is 0.287 e. The zero-order valence-corrected chi connectivity index (χ0v) is 21.6. The lowest BCUT2D eigenvalue weighted by Crippen LogP contribution is -2.46. The molecule has 1 fully saturated rings. The van der Waals surface area contributed by atoms with Crippen molar-refractivity contribution in [1.29, 1.82) is 0 Å². The lowest BCUT2D eigenvalue weighted by Gasteiger charge is -2.36. The molecule has 3 aromatic heterocycles. The van der Waals surface area contributed by atoms with Crippen LogP contribution in [0.1, 0.15) is 18.7 Å². The number of nitrogens with zero attached hydrogens (tertiary/aromatic N) is 5. The predicted molar refractivity (Wildman–Crippen MR) is 146 cm³/mol. The van der Waals surface area contributed by atoms with Crippen molar-refractivity contribution in [2.75, 3.05) is 31.1 Å². The van der Waals surface area contributed by atoms with Crippen molar-refractivity contribution in [2.24, 2.45) is 0 Å². The van der Waals surface area contributed by atoms with Gasteiger partial charge in [0.05, 0.1) is 33.0 Å². The third-order valence-electron chi connectivity index (χ3n) is 5.94. The van der Waals surface area contributed by atoms with E-state index in [-0.39, 0.29) is 5.56 Å². The van der Waals surface area contributed by atoms with Crippen LogP contribution in [0.3, 0.4) is 0 Å². The molecule has 0 unspecified atom stereocenters. The highest BCUT2D eigenvalue weighted by Crippen LogP contribution is 2.31. The average molecular weight is 504 g/mol. The molecule has 1 saturated heterocycles. The van der Waals surface area contributed by atoms with E-state index in [1.807, 2.05) is 66.2 Å². The molecule has 8 heteroatoms. The molecule has 0 bridgehead atoms. The highest BCUT2D eigenvalue weighted by Gasteiger charge is 2.23. The zero-order valence-electron chi connectivity index (χ0n) is 20.0. The zero-order chi connectivity index (χ0) is 24.2. The number of piperazine rings is 1. The average Bonchev–Trinajstić information content (AvgIpc) is 3.35. The molecule has 180 valence electrons. The minimum Gasteiger partial charge on any atom is -0.367 e. The summed E-state index contributed by atoms with van der Waals surface area (Å²) in [5.74, 6) is 0. The van der Waals surface area contributed by atoms with Crippen molar-refractivity contribution in [3.8, 4) is 16.3 Å². The lowest BCUT2D eigenvalue weighted by molar-refractivity contribution is 0.251. The van der Waals surface area contributed by atoms with E-state index in [9.17, 15) is 4.79 Å². The minimum absolute atomic E-state index is 0.0459. The maximum absolute atomic E-state index is 13.4. The van der Waals surface area contributed by atoms with Gasteiger partial charge in [-0.25, -0.2) is 0 Å². The van der Waals surface area contributed by atoms with Crippen molar-refractivity contribution in [3.05, 3.63) is 88.3 Å². The van der Waals surface area contributed by atoms with Gasteiger partial charge in [0.1, 0.15) is 0 Å². The number of hydrogen-bond acceptors (Lipinski definition) is 7. The third-order valence-corrected chi connectivity index (χ3v) is 8.12. The number of thioether (sulfide) groups is 1. The topological polar surface area (TPSA) is 54.3 Å². The molecule has 0 saturated carbocycles. The fraction of sp³-hybridized carbons (Fsp3) is 0.296. The van der Waals surface area contributed by atoms with Gasteiger partial charge in [0, 0.05) is 49.0 Å². The highest BCUT2D eigenvalue weighted by molar-refractivity contribution is 8.00. The van der Waals surface area contributed by atoms with Crippen LogP contribution in [0.2, 0.25) is 0 Å². The molecular weight excluding hydrogens is 474 g/mol. The van der Waals surface area contributed by atoms with Gasteiger partial charge in [-0.05, 0) is 36.4 Å². The van der Waals surface area contributed by atoms with Crippen LogP contribution in [0.25, 0.3) is 16.3 Å². The fourth-order valence-corrected chi connectivity index (χ4v) is 6.22. The minimum atomic E-state index is -0.0459. The summed E-state index contributed by atoms with van der Waals surface area (Å²) >= 11 is 3.44. The quantitative estimate of drug-likeness (QED) is 0.324. The number of rotatable bonds is 7. The second kappa shape index (κ2) is 10.8. The molecule has 0 radical (unpaired) electrons. The SMILES string of the molecule is CC(C)Sc1c(N2CCN(Cc3ccc(-c4ccccn4)s3)CC2)cnn(-c2ccccc2)c1=O. The number of hydrogen-bond donors (Lipinski definition) is 0. The normalized spacial score (nSPS) is 14.5. The monoisotopic (exact) mass is 503 g/mol. The largest absolute Gasteiger partial charge is 0.367 e. The van der Waals surface area contributed by atoms with Crippen LogP contribution < -0.4 is 10.5 Å². The Morgan fingerprint density at radius 3 is 2.46 bits per heavy atom. The first-order valence-electron chi connectivity index (χ1n) is 11.9. The maximum atomic E-state index is 13.4. The Hall–Kier alpha value is -2.94. The number of anilines is 1. The molecule has 0 amide bonds. The van der Waals surface area contributed by atoms with E-state index in [1.165, 1.54) is 14.4 Å². The van der Waals surface area contributed by atoms with Crippen LogP contribution in [0.15, 0.2) is 82.7 Å². The summed E-state index contributed by atoms with van der Waals surface area (Å²) in [4.78, 5) is 26.0. The predicted octanol–water partition coefficient (Wildman–Crippen LogP) is 5.18. The number of aromatic nitrogens is 3. The Morgan fingerprint density at radius 1 is 0.971 bits per heavy atom. The number of benzene rings is 1. The first-order chi connectivity index (χ1) is 17.1. The summed E-state index contributed by atoms with van der Waals surface area (Å²) in [7, 11) is 0. The van der Waals surface area contributed by atoms with Crippen molar-refractivity contribution in [3.63, 3.8) is 0 Å². The van der Waals surface area contributed by atoms with E-state index in [1.54, 1.807) is 11.8 Å². The highest BCUT2D eigenvalue weighted by atomic mass is 32.2. The van der Waals surface area contributed by atoms with Gasteiger partial charge >= 0.3 is 0 Å². The maximum Gasteiger partial charge on any atom is 0.287 e. The number of para-hydroxylation sites is 1. The summed E-state index contributed by atoms with van der Waals surface area (Å²) in [6.07, 6.45) is 3.71. The van der Waals surface area contributed by atoms with Crippen LogP contribution in [0.4, 0.5) is 5.69 Å². The van der Waals surface area contributed by atoms with Gasteiger partial charge in [-0.1, -0.05) is 38.1 Å². The summed E-state index contributed by atoms with van der Waals surface area (Å²) in [6, 6.07) is 20.1. The molecule has 5 rings (SSSR count). The summed E-state index contributed by atoms with van der Waals surface area (Å²) in [5, 5.41) is 4.85. The molecule has 0 N–H and O–H groups in total. The molecular formula is C27H29N5OS2. The van der Waals surface area contributed by atoms with Crippen molar-refractivity contribution in [2.45, 2.75) is 30.5 Å². The first-order valence-corrected chi connectivity index (χ1v) is 13.6. The van der Waals surface area contributed by atoms with Crippen LogP contribution in [0, 0.1) is 0 Å². The van der Waals surface area contributed by atoms with E-state index in [4.69, 9.17) is 0 Å². The Bertz CT molecular complexity index is 1310. The first kappa shape index (κ1) is 23.8. The van der Waals surface area contributed by atoms with Crippen LogP contribution in [-0.4, -0.2) is 51.1 Å². The summed E-state index contributed by atoms with van der Waals surface area (Å²) in [6.45, 7) is 8.83. The second-order valence-electron chi connectivity index (χ2n) is 8.82. The van der Waals surface area contributed by atoms with Crippen molar-refractivity contribution in [1.82, 2.24) is 19.7 Å². The Morgan fingerprint density at radius 2 is 1.74 bits per heavy atom. The second-order valence-corrected chi connectivity index (χ2v) is 11.6. The molecule has 0 spiro atoms. The number of thiophene rings is 1. The van der Waals surface area contributed by atoms with Gasteiger partial charge in [0.25, 0.3) is 5.56 Å². The Kier molecular flexibility index (Phi) is 7.32. The molecule has 35 heavy (non-hydrogen) atoms. The van der Waals surface area contributed by atoms with Crippen LogP contribution in [0.5, 0.6) is 0 Å². The molecule has 0 aliphatic carbocycles. The van der Waals surface area contributed by atoms with Crippen molar-refractivity contribution < 1.29 is 0 Å². The molecule has 0 atom stereocenters. The van der Waals surface area contributed by atoms with Gasteiger partial charge in [-0.3, -0.25) is 14.7 Å². The molecule has 4 aromatic rings. The Balaban J connectivity index is 1.29. The van der Waals surface area contributed by atoms with E-state index < -0.39 is 0 Å². The van der Waals surface area contributed by atoms with E-state index in [0.717, 1.165) is 54.7 Å². The van der Waals surface area contributed by atoms with Crippen LogP contribution in [-0.2, 0) is 6.54 Å². The molecule has 1 aliphatic heterocycles. The van der Waals surface area contributed by atoms with E-state index in [0.29, 0.717) is 5.25 Å². The number of pyridine rings is 1. The van der Waals surface area contributed by atoms with E-state index >= 15 is 0 Å². The van der Waals surface area contributed by atoms with Gasteiger partial charge < -0.3 is 4.90 Å². The van der Waals surface area contributed by atoms with Gasteiger partial charge in [0.15, 0.2) is 0 Å². The molecule has 4 heterocycles. The third kappa shape index (κ3) is 5.50. The van der Waals surface area contributed by atoms with Gasteiger partial charge in [-0.15, -0.1) is 23.1 Å². The van der Waals surface area contributed by atoms with Gasteiger partial charge in [-0.2, -0.15) is 9.78 Å². The molecule has 1 aromatic carbocycles. The van der Waals surface area contributed by atoms with E-state index in [2.05, 4.69) is 51.9 Å². The standard InChI is InChI=1S/C27H29N5OS2/c1-20(2)34-26-24(18-29-32(27(26)33)21-8-4-3-5-9-21)31-16-14-30(15-17-31)19-22-11-12-25(35-22)23-10-6-7-13-28-23/h3-13,18,20H,14-17,19H2,1-2H3. The molecule has 1 aliphatic rings. The Labute approximate surface area is 214 Å². The van der Waals surface area contributed by atoms with Gasteiger partial charge in [0.2, 0.25) is 0 Å². The van der Waals surface area contributed by atoms with Crippen molar-refractivity contribution >= 4 is 28.8 Å². The summed E-state index contributed by atoms with van der Waals surface area (Å²) in [5.41, 5.74) is 2.73. The molecule has 6 nitrogen and oxygen atoms in total. The summed E-state index contributed by atoms with van der Waals surface area (Å²) < 4.78 is 1.51. The lowest BCUT2D eigenvalue weighted by atomic mass is 10.2. The fourth-order valence-electron chi connectivity index (χ4n) is 4.23. The van der Waals surface area contributed by atoms with Crippen LogP contribution >= 0.6 is 23.1 Å².